The quantitative estimate of drug-likeness (QED) is 0.228. The van der Waals surface area contributed by atoms with Crippen molar-refractivity contribution in [2.24, 2.45) is 29.1 Å². The number of aliphatic hydroxyl groups is 7. The van der Waals surface area contributed by atoms with Crippen LogP contribution in [0.15, 0.2) is 0 Å². The second kappa shape index (κ2) is 6.67. The van der Waals surface area contributed by atoms with Gasteiger partial charge in [-0.1, -0.05) is 13.8 Å². The monoisotopic (exact) mass is 509 g/mol. The lowest BCUT2D eigenvalue weighted by Gasteiger charge is -2.68. The summed E-state index contributed by atoms with van der Waals surface area (Å²) in [7, 11) is 0. The van der Waals surface area contributed by atoms with Gasteiger partial charge in [-0.3, -0.25) is 4.90 Å². The summed E-state index contributed by atoms with van der Waals surface area (Å²) in [5.41, 5.74) is -9.07. The zero-order valence-corrected chi connectivity index (χ0v) is 21.6. The Bertz CT molecular complexity index is 995. The molecule has 0 aromatic carbocycles. The molecule has 1 spiro atoms. The summed E-state index contributed by atoms with van der Waals surface area (Å²) in [6.45, 7) is 6.70. The van der Waals surface area contributed by atoms with E-state index in [4.69, 9.17) is 4.74 Å². The van der Waals surface area contributed by atoms with Crippen LogP contribution in [0.4, 0.5) is 0 Å². The van der Waals surface area contributed by atoms with Gasteiger partial charge in [-0.2, -0.15) is 0 Å². The number of rotatable bonds is 0. The van der Waals surface area contributed by atoms with Crippen molar-refractivity contribution in [1.82, 2.24) is 4.90 Å². The van der Waals surface area contributed by atoms with E-state index < -0.39 is 63.3 Å². The lowest BCUT2D eigenvalue weighted by atomic mass is 9.49. The van der Waals surface area contributed by atoms with Crippen molar-refractivity contribution in [3.05, 3.63) is 0 Å². The molecular formula is C27H43NO8. The third-order valence-electron chi connectivity index (χ3n) is 13.1. The van der Waals surface area contributed by atoms with Gasteiger partial charge in [0, 0.05) is 55.1 Å². The second-order valence-corrected chi connectivity index (χ2v) is 14.3. The summed E-state index contributed by atoms with van der Waals surface area (Å²) in [4.78, 5) is 2.12. The van der Waals surface area contributed by atoms with Gasteiger partial charge in [0.2, 0.25) is 0 Å². The van der Waals surface area contributed by atoms with E-state index in [-0.39, 0.29) is 31.3 Å². The summed E-state index contributed by atoms with van der Waals surface area (Å²) in [5, 5.41) is 83.2. The number of ether oxygens (including phenoxy) is 1. The first-order valence-electron chi connectivity index (χ1n) is 14.0. The Balaban J connectivity index is 1.39. The van der Waals surface area contributed by atoms with E-state index in [0.29, 0.717) is 44.6 Å². The first-order chi connectivity index (χ1) is 16.6. The summed E-state index contributed by atoms with van der Waals surface area (Å²) in [6, 6.07) is -0.360. The van der Waals surface area contributed by atoms with Gasteiger partial charge in [0.15, 0.2) is 5.79 Å². The Morgan fingerprint density at radius 2 is 1.47 bits per heavy atom. The number of nitrogens with zero attached hydrogens (tertiary/aromatic N) is 1. The summed E-state index contributed by atoms with van der Waals surface area (Å²) in [5.74, 6) is -3.30. The number of fused-ring (bicyclic) bond motifs is 5. The van der Waals surface area contributed by atoms with E-state index >= 15 is 0 Å². The topological polar surface area (TPSA) is 154 Å². The van der Waals surface area contributed by atoms with Crippen molar-refractivity contribution < 1.29 is 40.5 Å². The highest BCUT2D eigenvalue weighted by Crippen LogP contribution is 2.78. The molecule has 4 aliphatic carbocycles. The van der Waals surface area contributed by atoms with E-state index in [1.165, 1.54) is 0 Å². The molecule has 0 radical (unpaired) electrons. The number of piperidine rings is 2. The minimum Gasteiger partial charge on any atom is -0.390 e. The zero-order chi connectivity index (χ0) is 25.9. The van der Waals surface area contributed by atoms with Crippen LogP contribution in [-0.2, 0) is 4.74 Å². The average molecular weight is 510 g/mol. The standard InChI is InChI=1S/C27H43NO8/c1-14-4-7-18-22(3,31)26(34)17(12-28(18)11-14)24(33)13-25-16(23(24,32)10-20(26)30)6-5-15-21(25,2)9-8-19(29)27(15,35)36-25/h14-20,29-35H,4-13H2,1-3H3/t14-,15?,16-,17-,18-,19-,20-,21-,22+,23?,24?,25?,26?,27-/m0/s1. The third-order valence-corrected chi connectivity index (χ3v) is 13.1. The van der Waals surface area contributed by atoms with Crippen LogP contribution < -0.4 is 0 Å². The molecule has 4 bridgehead atoms. The molecule has 0 aromatic rings. The smallest absolute Gasteiger partial charge is 0.196 e. The lowest BCUT2D eigenvalue weighted by Crippen LogP contribution is -2.85. The van der Waals surface area contributed by atoms with Gasteiger partial charge >= 0.3 is 0 Å². The SMILES string of the molecule is C[C@H]1CC[C@@H]2N(C1)C[C@H]1C3(O)CC45O[C@@]6(O)C(CC[C@H]4C3(O)C[C@H](O)C1(O)[C@]2(C)O)[C@]5(C)CC[C@@H]6O. The molecule has 3 heterocycles. The molecule has 14 atom stereocenters. The molecule has 0 amide bonds. The van der Waals surface area contributed by atoms with Crippen LogP contribution in [0.2, 0.25) is 0 Å². The van der Waals surface area contributed by atoms with Crippen LogP contribution >= 0.6 is 0 Å². The summed E-state index contributed by atoms with van der Waals surface area (Å²) >= 11 is 0. The molecule has 36 heavy (non-hydrogen) atoms. The van der Waals surface area contributed by atoms with E-state index in [0.717, 1.165) is 6.42 Å². The Labute approximate surface area is 212 Å². The molecule has 7 rings (SSSR count). The van der Waals surface area contributed by atoms with Crippen molar-refractivity contribution in [2.45, 2.75) is 124 Å². The predicted octanol–water partition coefficient (Wildman–Crippen LogP) is -0.526. The second-order valence-electron chi connectivity index (χ2n) is 14.3. The fourth-order valence-electron chi connectivity index (χ4n) is 11.3. The molecule has 204 valence electrons. The van der Waals surface area contributed by atoms with Crippen LogP contribution in [-0.4, -0.2) is 106 Å². The Hall–Kier alpha value is -0.360. The highest BCUT2D eigenvalue weighted by molar-refractivity contribution is 5.37. The first kappa shape index (κ1) is 24.7. The van der Waals surface area contributed by atoms with Crippen LogP contribution in [0.1, 0.15) is 72.1 Å². The Morgan fingerprint density at radius 3 is 2.19 bits per heavy atom. The maximum Gasteiger partial charge on any atom is 0.196 e. The molecule has 9 heteroatoms. The van der Waals surface area contributed by atoms with Gasteiger partial charge in [-0.25, -0.2) is 0 Å². The largest absolute Gasteiger partial charge is 0.390 e. The van der Waals surface area contributed by atoms with E-state index in [9.17, 15) is 35.7 Å². The van der Waals surface area contributed by atoms with E-state index in [2.05, 4.69) is 11.8 Å². The van der Waals surface area contributed by atoms with Crippen LogP contribution in [0.3, 0.4) is 0 Å². The molecule has 7 N–H and O–H groups in total. The summed E-state index contributed by atoms with van der Waals surface area (Å²) < 4.78 is 6.52. The molecule has 0 aromatic heterocycles. The van der Waals surface area contributed by atoms with Crippen LogP contribution in [0.5, 0.6) is 0 Å². The minimum atomic E-state index is -2.02. The lowest BCUT2D eigenvalue weighted by molar-refractivity contribution is -0.354. The molecular weight excluding hydrogens is 466 g/mol. The highest BCUT2D eigenvalue weighted by atomic mass is 16.7. The summed E-state index contributed by atoms with van der Waals surface area (Å²) in [6.07, 6.45) is 0.752. The van der Waals surface area contributed by atoms with Crippen molar-refractivity contribution in [1.29, 1.82) is 0 Å². The van der Waals surface area contributed by atoms with Crippen molar-refractivity contribution >= 4 is 0 Å². The van der Waals surface area contributed by atoms with Crippen LogP contribution in [0.25, 0.3) is 0 Å². The number of hydrogen-bond acceptors (Lipinski definition) is 9. The van der Waals surface area contributed by atoms with Gasteiger partial charge in [-0.05, 0) is 51.4 Å². The van der Waals surface area contributed by atoms with Crippen molar-refractivity contribution in [2.75, 3.05) is 13.1 Å². The molecule has 4 saturated carbocycles. The van der Waals surface area contributed by atoms with E-state index in [1.807, 2.05) is 6.92 Å². The Kier molecular flexibility index (Phi) is 4.57. The van der Waals surface area contributed by atoms with Gasteiger partial charge in [0.05, 0.1) is 11.7 Å². The molecule has 5 unspecified atom stereocenters. The third kappa shape index (κ3) is 2.27. The fraction of sp³-hybridized carbons (Fsp3) is 1.00. The average Bonchev–Trinajstić information content (AvgIpc) is 2.97. The van der Waals surface area contributed by atoms with Gasteiger partial charge in [0.25, 0.3) is 0 Å². The first-order valence-corrected chi connectivity index (χ1v) is 14.0. The van der Waals surface area contributed by atoms with Gasteiger partial charge < -0.3 is 40.5 Å². The fourth-order valence-corrected chi connectivity index (χ4v) is 11.3. The Morgan fingerprint density at radius 1 is 0.778 bits per heavy atom. The minimum absolute atomic E-state index is 0.0208. The molecule has 9 nitrogen and oxygen atoms in total. The maximum atomic E-state index is 12.7. The van der Waals surface area contributed by atoms with Crippen molar-refractivity contribution in [3.8, 4) is 0 Å². The predicted molar refractivity (Wildman–Crippen MR) is 126 cm³/mol. The normalized spacial score (nSPS) is 68.0. The number of hydrogen-bond donors (Lipinski definition) is 7. The van der Waals surface area contributed by atoms with E-state index in [1.54, 1.807) is 6.92 Å². The molecule has 3 aliphatic heterocycles. The molecule has 3 saturated heterocycles. The van der Waals surface area contributed by atoms with Crippen LogP contribution in [0, 0.1) is 29.1 Å². The highest BCUT2D eigenvalue weighted by Gasteiger charge is 2.88. The molecule has 7 fully saturated rings. The number of aliphatic hydroxyl groups excluding tert-OH is 2. The van der Waals surface area contributed by atoms with Gasteiger partial charge in [0.1, 0.15) is 28.5 Å². The van der Waals surface area contributed by atoms with Gasteiger partial charge in [-0.15, -0.1) is 0 Å². The maximum absolute atomic E-state index is 12.7. The zero-order valence-electron chi connectivity index (χ0n) is 21.6. The molecule has 7 aliphatic rings. The van der Waals surface area contributed by atoms with Crippen molar-refractivity contribution in [3.63, 3.8) is 0 Å².